The van der Waals surface area contributed by atoms with Gasteiger partial charge in [0.15, 0.2) is 0 Å². The topological polar surface area (TPSA) is 59.4 Å². The number of ether oxygens (including phenoxy) is 1. The zero-order chi connectivity index (χ0) is 14.0. The number of carbonyl (C=O) groups is 1. The van der Waals surface area contributed by atoms with Gasteiger partial charge in [0.05, 0.1) is 24.2 Å². The third kappa shape index (κ3) is 2.96. The number of nitrogens with one attached hydrogen (secondary N) is 1. The molecule has 0 saturated carbocycles. The summed E-state index contributed by atoms with van der Waals surface area (Å²) in [5, 5.41) is 3.06. The van der Waals surface area contributed by atoms with Crippen LogP contribution in [-0.2, 0) is 11.8 Å². The van der Waals surface area contributed by atoms with Crippen LogP contribution in [0.1, 0.15) is 23.1 Å². The number of rotatable bonds is 4. The molecule has 0 radical (unpaired) electrons. The number of aromatic nitrogens is 2. The van der Waals surface area contributed by atoms with Crippen molar-refractivity contribution in [3.05, 3.63) is 17.7 Å². The SMILES string of the molecule is CCO[C@H]1CN(C)C[C@@H]1NC(=O)c1c(C)ncn1C. The Bertz CT molecular complexity index is 438. The van der Waals surface area contributed by atoms with E-state index in [-0.39, 0.29) is 18.1 Å². The summed E-state index contributed by atoms with van der Waals surface area (Å²) < 4.78 is 7.43. The lowest BCUT2D eigenvalue weighted by Crippen LogP contribution is -2.44. The second-order valence-corrected chi connectivity index (χ2v) is 5.08. The maximum absolute atomic E-state index is 12.3. The molecule has 0 aliphatic carbocycles. The van der Waals surface area contributed by atoms with Gasteiger partial charge in [0.25, 0.3) is 5.91 Å². The lowest BCUT2D eigenvalue weighted by Gasteiger charge is -2.20. The van der Waals surface area contributed by atoms with E-state index >= 15 is 0 Å². The van der Waals surface area contributed by atoms with Crippen molar-refractivity contribution in [1.82, 2.24) is 19.8 Å². The molecule has 0 spiro atoms. The molecule has 19 heavy (non-hydrogen) atoms. The van der Waals surface area contributed by atoms with Crippen LogP contribution in [-0.4, -0.2) is 59.2 Å². The molecule has 2 atom stereocenters. The van der Waals surface area contributed by atoms with Crippen molar-refractivity contribution >= 4 is 5.91 Å². The van der Waals surface area contributed by atoms with Crippen molar-refractivity contribution < 1.29 is 9.53 Å². The first kappa shape index (κ1) is 14.0. The molecule has 2 heterocycles. The zero-order valence-electron chi connectivity index (χ0n) is 12.0. The van der Waals surface area contributed by atoms with Crippen molar-refractivity contribution in [2.45, 2.75) is 26.0 Å². The van der Waals surface area contributed by atoms with Gasteiger partial charge in [-0.15, -0.1) is 0 Å². The quantitative estimate of drug-likeness (QED) is 0.844. The first-order valence-electron chi connectivity index (χ1n) is 6.61. The minimum Gasteiger partial charge on any atom is -0.375 e. The average Bonchev–Trinajstić information content (AvgIpc) is 2.83. The van der Waals surface area contributed by atoms with Crippen LogP contribution in [0.25, 0.3) is 0 Å². The van der Waals surface area contributed by atoms with Crippen LogP contribution in [0, 0.1) is 6.92 Å². The number of likely N-dealkylation sites (N-methyl/N-ethyl adjacent to an activating group) is 1. The Kier molecular flexibility index (Phi) is 4.21. The lowest BCUT2D eigenvalue weighted by atomic mass is 10.2. The van der Waals surface area contributed by atoms with Gasteiger partial charge in [-0.25, -0.2) is 4.98 Å². The highest BCUT2D eigenvalue weighted by atomic mass is 16.5. The van der Waals surface area contributed by atoms with Crippen LogP contribution < -0.4 is 5.32 Å². The van der Waals surface area contributed by atoms with Crippen LogP contribution in [0.4, 0.5) is 0 Å². The van der Waals surface area contributed by atoms with E-state index in [0.29, 0.717) is 12.3 Å². The minimum atomic E-state index is -0.0810. The molecule has 1 aliphatic rings. The second kappa shape index (κ2) is 5.71. The number of carbonyl (C=O) groups excluding carboxylic acids is 1. The summed E-state index contributed by atoms with van der Waals surface area (Å²) in [6, 6.07) is 0.0340. The summed E-state index contributed by atoms with van der Waals surface area (Å²) in [6.07, 6.45) is 1.72. The van der Waals surface area contributed by atoms with E-state index in [1.54, 1.807) is 10.9 Å². The van der Waals surface area contributed by atoms with Gasteiger partial charge in [0.2, 0.25) is 0 Å². The predicted molar refractivity (Wildman–Crippen MR) is 72.1 cm³/mol. The Balaban J connectivity index is 2.06. The summed E-state index contributed by atoms with van der Waals surface area (Å²) in [7, 11) is 3.86. The van der Waals surface area contributed by atoms with Gasteiger partial charge in [-0.3, -0.25) is 4.79 Å². The average molecular weight is 266 g/mol. The summed E-state index contributed by atoms with van der Waals surface area (Å²) in [5.41, 5.74) is 1.36. The molecule has 6 heteroatoms. The van der Waals surface area contributed by atoms with Crippen LogP contribution in [0.15, 0.2) is 6.33 Å². The smallest absolute Gasteiger partial charge is 0.270 e. The fourth-order valence-corrected chi connectivity index (χ4v) is 2.59. The van der Waals surface area contributed by atoms with Gasteiger partial charge in [-0.05, 0) is 20.9 Å². The molecule has 1 saturated heterocycles. The van der Waals surface area contributed by atoms with Gasteiger partial charge in [-0.2, -0.15) is 0 Å². The molecular weight excluding hydrogens is 244 g/mol. The fourth-order valence-electron chi connectivity index (χ4n) is 2.59. The maximum atomic E-state index is 12.3. The Hall–Kier alpha value is -1.40. The third-order valence-electron chi connectivity index (χ3n) is 3.48. The Morgan fingerprint density at radius 1 is 1.53 bits per heavy atom. The molecule has 1 aromatic rings. The Morgan fingerprint density at radius 3 is 2.84 bits per heavy atom. The molecule has 6 nitrogen and oxygen atoms in total. The molecular formula is C13H22N4O2. The van der Waals surface area contributed by atoms with Crippen molar-refractivity contribution in [2.75, 3.05) is 26.7 Å². The standard InChI is InChI=1S/C13H22N4O2/c1-5-19-11-7-16(3)6-10(11)15-13(18)12-9(2)14-8-17(12)4/h8,10-11H,5-7H2,1-4H3,(H,15,18)/t10-,11-/m0/s1. The molecule has 1 fully saturated rings. The zero-order valence-corrected chi connectivity index (χ0v) is 12.0. The van der Waals surface area contributed by atoms with E-state index in [4.69, 9.17) is 4.74 Å². The molecule has 1 aromatic heterocycles. The number of imidazole rings is 1. The molecule has 1 aliphatic heterocycles. The molecule has 1 amide bonds. The van der Waals surface area contributed by atoms with E-state index in [9.17, 15) is 4.79 Å². The van der Waals surface area contributed by atoms with Crippen molar-refractivity contribution in [3.8, 4) is 0 Å². The van der Waals surface area contributed by atoms with Gasteiger partial charge < -0.3 is 19.5 Å². The molecule has 2 rings (SSSR count). The fraction of sp³-hybridized carbons (Fsp3) is 0.692. The largest absolute Gasteiger partial charge is 0.375 e. The monoisotopic (exact) mass is 266 g/mol. The van der Waals surface area contributed by atoms with Crippen molar-refractivity contribution in [2.24, 2.45) is 7.05 Å². The number of aryl methyl sites for hydroxylation is 2. The highest BCUT2D eigenvalue weighted by Gasteiger charge is 2.33. The van der Waals surface area contributed by atoms with Crippen molar-refractivity contribution in [1.29, 1.82) is 0 Å². The van der Waals surface area contributed by atoms with E-state index < -0.39 is 0 Å². The Morgan fingerprint density at radius 2 is 2.26 bits per heavy atom. The first-order chi connectivity index (χ1) is 9.02. The van der Waals surface area contributed by atoms with Gasteiger partial charge in [0, 0.05) is 26.7 Å². The normalized spacial score (nSPS) is 23.8. The number of likely N-dealkylation sites (tertiary alicyclic amines) is 1. The van der Waals surface area contributed by atoms with Gasteiger partial charge >= 0.3 is 0 Å². The summed E-state index contributed by atoms with van der Waals surface area (Å²) in [6.45, 7) is 6.14. The number of nitrogens with zero attached hydrogens (tertiary/aromatic N) is 3. The maximum Gasteiger partial charge on any atom is 0.270 e. The van der Waals surface area contributed by atoms with E-state index in [1.807, 2.05) is 27.9 Å². The molecule has 0 aromatic carbocycles. The molecule has 0 unspecified atom stereocenters. The van der Waals surface area contributed by atoms with Crippen LogP contribution in [0.3, 0.4) is 0 Å². The lowest BCUT2D eigenvalue weighted by molar-refractivity contribution is 0.0511. The van der Waals surface area contributed by atoms with Crippen molar-refractivity contribution in [3.63, 3.8) is 0 Å². The predicted octanol–water partition coefficient (Wildman–Crippen LogP) is 0.177. The van der Waals surface area contributed by atoms with Crippen LogP contribution in [0.5, 0.6) is 0 Å². The van der Waals surface area contributed by atoms with E-state index in [0.717, 1.165) is 18.8 Å². The second-order valence-electron chi connectivity index (χ2n) is 5.08. The van der Waals surface area contributed by atoms with Gasteiger partial charge in [0.1, 0.15) is 5.69 Å². The first-order valence-corrected chi connectivity index (χ1v) is 6.61. The van der Waals surface area contributed by atoms with Crippen LogP contribution in [0.2, 0.25) is 0 Å². The summed E-state index contributed by atoms with van der Waals surface area (Å²) in [5.74, 6) is -0.0810. The number of hydrogen-bond acceptors (Lipinski definition) is 4. The summed E-state index contributed by atoms with van der Waals surface area (Å²) >= 11 is 0. The third-order valence-corrected chi connectivity index (χ3v) is 3.48. The molecule has 1 N–H and O–H groups in total. The highest BCUT2D eigenvalue weighted by Crippen LogP contribution is 2.13. The van der Waals surface area contributed by atoms with E-state index in [1.165, 1.54) is 0 Å². The molecule has 0 bridgehead atoms. The van der Waals surface area contributed by atoms with Gasteiger partial charge in [-0.1, -0.05) is 0 Å². The number of amides is 1. The highest BCUT2D eigenvalue weighted by molar-refractivity contribution is 5.93. The van der Waals surface area contributed by atoms with E-state index in [2.05, 4.69) is 15.2 Å². The van der Waals surface area contributed by atoms with Crippen LogP contribution >= 0.6 is 0 Å². The molecule has 106 valence electrons. The number of hydrogen-bond donors (Lipinski definition) is 1. The minimum absolute atomic E-state index is 0.0340. The Labute approximate surface area is 113 Å². The summed E-state index contributed by atoms with van der Waals surface area (Å²) in [4.78, 5) is 18.6.